The second kappa shape index (κ2) is 7.56. The molecule has 0 aliphatic carbocycles. The minimum absolute atomic E-state index is 0.0283. The third kappa shape index (κ3) is 3.32. The lowest BCUT2D eigenvalue weighted by Crippen LogP contribution is -2.66. The van der Waals surface area contributed by atoms with Crippen molar-refractivity contribution in [3.05, 3.63) is 53.1 Å². The molecule has 2 aromatic rings. The van der Waals surface area contributed by atoms with Gasteiger partial charge in [-0.3, -0.25) is 9.59 Å². The van der Waals surface area contributed by atoms with Crippen LogP contribution in [-0.2, 0) is 11.2 Å². The molecule has 3 aliphatic rings. The Morgan fingerprint density at radius 2 is 1.93 bits per heavy atom. The first-order chi connectivity index (χ1) is 14.5. The fourth-order valence-electron chi connectivity index (χ4n) is 6.03. The Balaban J connectivity index is 1.45. The molecule has 5 rings (SSSR count). The molecule has 4 atom stereocenters. The summed E-state index contributed by atoms with van der Waals surface area (Å²) < 4.78 is 0. The van der Waals surface area contributed by atoms with Crippen molar-refractivity contribution in [2.75, 3.05) is 13.1 Å². The lowest BCUT2D eigenvalue weighted by atomic mass is 9.70. The number of hydrogen-bond acceptors (Lipinski definition) is 3. The van der Waals surface area contributed by atoms with Gasteiger partial charge in [0.25, 0.3) is 5.91 Å². The van der Waals surface area contributed by atoms with E-state index in [-0.39, 0.29) is 18.0 Å². The molecule has 0 radical (unpaired) electrons. The van der Waals surface area contributed by atoms with Gasteiger partial charge in [-0.2, -0.15) is 0 Å². The quantitative estimate of drug-likeness (QED) is 0.852. The number of fused-ring (bicyclic) bond motifs is 4. The van der Waals surface area contributed by atoms with Gasteiger partial charge >= 0.3 is 0 Å². The number of nitrogens with one attached hydrogen (secondary N) is 1. The summed E-state index contributed by atoms with van der Waals surface area (Å²) in [5, 5.41) is 0. The molecule has 2 amide bonds. The number of likely N-dealkylation sites (tertiary alicyclic amines) is 1. The van der Waals surface area contributed by atoms with Crippen molar-refractivity contribution in [3.8, 4) is 0 Å². The highest BCUT2D eigenvalue weighted by Gasteiger charge is 2.50. The lowest BCUT2D eigenvalue weighted by Gasteiger charge is -2.56. The molecule has 2 bridgehead atoms. The Hall–Kier alpha value is -2.63. The molecule has 158 valence electrons. The van der Waals surface area contributed by atoms with Crippen LogP contribution in [0.2, 0.25) is 0 Å². The molecular weight excluding hydrogens is 376 g/mol. The van der Waals surface area contributed by atoms with E-state index in [0.29, 0.717) is 36.4 Å². The number of aromatic nitrogens is 2. The van der Waals surface area contributed by atoms with E-state index in [9.17, 15) is 9.59 Å². The van der Waals surface area contributed by atoms with Gasteiger partial charge in [-0.05, 0) is 56.9 Å². The highest BCUT2D eigenvalue weighted by atomic mass is 16.2. The molecule has 3 saturated heterocycles. The SMILES string of the molecule is Cc1nc(C(=O)N2C[C@H]3C[C@@H](C2)[C@H](Cc2ccccc2)N2C(=O)CCC[C@@H]32)c(C)[nH]1. The summed E-state index contributed by atoms with van der Waals surface area (Å²) in [6, 6.07) is 10.9. The van der Waals surface area contributed by atoms with Gasteiger partial charge in [0.2, 0.25) is 5.91 Å². The van der Waals surface area contributed by atoms with Crippen LogP contribution in [0.1, 0.15) is 53.3 Å². The van der Waals surface area contributed by atoms with Crippen molar-refractivity contribution in [3.63, 3.8) is 0 Å². The maximum Gasteiger partial charge on any atom is 0.274 e. The number of carbonyl (C=O) groups excluding carboxylic acids is 2. The first kappa shape index (κ1) is 19.3. The van der Waals surface area contributed by atoms with E-state index in [1.165, 1.54) is 5.56 Å². The van der Waals surface area contributed by atoms with Crippen LogP contribution in [-0.4, -0.2) is 56.8 Å². The molecule has 3 fully saturated rings. The van der Waals surface area contributed by atoms with E-state index in [0.717, 1.165) is 43.7 Å². The monoisotopic (exact) mass is 406 g/mol. The van der Waals surface area contributed by atoms with Crippen LogP contribution in [0.3, 0.4) is 0 Å². The third-order valence-electron chi connectivity index (χ3n) is 7.28. The van der Waals surface area contributed by atoms with Gasteiger partial charge in [0.1, 0.15) is 11.5 Å². The molecule has 0 unspecified atom stereocenters. The topological polar surface area (TPSA) is 69.3 Å². The van der Waals surface area contributed by atoms with E-state index in [2.05, 4.69) is 39.1 Å². The summed E-state index contributed by atoms with van der Waals surface area (Å²) in [7, 11) is 0. The van der Waals surface area contributed by atoms with Gasteiger partial charge in [-0.15, -0.1) is 0 Å². The second-order valence-electron chi connectivity index (χ2n) is 9.28. The molecular formula is C24H30N4O2. The average molecular weight is 407 g/mol. The van der Waals surface area contributed by atoms with Crippen molar-refractivity contribution < 1.29 is 9.59 Å². The van der Waals surface area contributed by atoms with E-state index >= 15 is 0 Å². The molecule has 30 heavy (non-hydrogen) atoms. The normalized spacial score (nSPS) is 28.4. The van der Waals surface area contributed by atoms with Crippen LogP contribution in [0.15, 0.2) is 30.3 Å². The van der Waals surface area contributed by atoms with E-state index in [4.69, 9.17) is 0 Å². The zero-order chi connectivity index (χ0) is 20.8. The predicted molar refractivity (Wildman–Crippen MR) is 114 cm³/mol. The van der Waals surface area contributed by atoms with Crippen LogP contribution in [0.5, 0.6) is 0 Å². The van der Waals surface area contributed by atoms with Crippen molar-refractivity contribution >= 4 is 11.8 Å². The van der Waals surface area contributed by atoms with Crippen molar-refractivity contribution in [1.29, 1.82) is 0 Å². The van der Waals surface area contributed by atoms with Crippen LogP contribution < -0.4 is 0 Å². The van der Waals surface area contributed by atoms with Gasteiger partial charge in [0.15, 0.2) is 0 Å². The number of rotatable bonds is 3. The van der Waals surface area contributed by atoms with E-state index in [1.807, 2.05) is 24.8 Å². The number of carbonyl (C=O) groups is 2. The number of benzene rings is 1. The molecule has 1 aromatic heterocycles. The Kier molecular flexibility index (Phi) is 4.88. The molecule has 6 nitrogen and oxygen atoms in total. The first-order valence-electron chi connectivity index (χ1n) is 11.2. The van der Waals surface area contributed by atoms with Gasteiger partial charge in [-0.25, -0.2) is 4.98 Å². The van der Waals surface area contributed by atoms with Gasteiger partial charge in [0.05, 0.1) is 0 Å². The van der Waals surface area contributed by atoms with Crippen LogP contribution in [0.4, 0.5) is 0 Å². The van der Waals surface area contributed by atoms with Crippen LogP contribution >= 0.6 is 0 Å². The summed E-state index contributed by atoms with van der Waals surface area (Å²) in [6.07, 6.45) is 4.65. The second-order valence-corrected chi connectivity index (χ2v) is 9.28. The van der Waals surface area contributed by atoms with Crippen molar-refractivity contribution in [2.45, 2.75) is 58.0 Å². The number of H-pyrrole nitrogens is 1. The molecule has 3 aliphatic heterocycles. The fourth-order valence-corrected chi connectivity index (χ4v) is 6.03. The number of nitrogens with zero attached hydrogens (tertiary/aromatic N) is 3. The standard InChI is InChI=1S/C24H30N4O2/c1-15-23(26-16(2)25-15)24(30)27-13-18-12-19(14-27)21(11-17-7-4-3-5-8-17)28-20(18)9-6-10-22(28)29/h3-5,7-8,18-21H,6,9-14H2,1-2H3,(H,25,26)/t18-,19+,20+,21+/m1/s1. The van der Waals surface area contributed by atoms with Crippen molar-refractivity contribution in [2.24, 2.45) is 11.8 Å². The molecule has 0 spiro atoms. The number of hydrogen-bond donors (Lipinski definition) is 1. The van der Waals surface area contributed by atoms with Gasteiger partial charge < -0.3 is 14.8 Å². The minimum Gasteiger partial charge on any atom is -0.346 e. The minimum atomic E-state index is 0.0283. The smallest absolute Gasteiger partial charge is 0.274 e. The fraction of sp³-hybridized carbons (Fsp3) is 0.542. The molecule has 0 saturated carbocycles. The molecule has 1 aromatic carbocycles. The largest absolute Gasteiger partial charge is 0.346 e. The number of piperidine rings is 3. The Bertz CT molecular complexity index is 953. The summed E-state index contributed by atoms with van der Waals surface area (Å²) in [4.78, 5) is 38.1. The van der Waals surface area contributed by atoms with E-state index < -0.39 is 0 Å². The number of aryl methyl sites for hydroxylation is 2. The molecule has 4 heterocycles. The Morgan fingerprint density at radius 3 is 2.67 bits per heavy atom. The molecule has 6 heteroatoms. The van der Waals surface area contributed by atoms with Crippen LogP contribution in [0, 0.1) is 25.7 Å². The zero-order valence-electron chi connectivity index (χ0n) is 17.8. The summed E-state index contributed by atoms with van der Waals surface area (Å²) in [6.45, 7) is 5.23. The first-order valence-corrected chi connectivity index (χ1v) is 11.2. The lowest BCUT2D eigenvalue weighted by molar-refractivity contribution is -0.151. The maximum absolute atomic E-state index is 13.3. The Labute approximate surface area is 177 Å². The highest BCUT2D eigenvalue weighted by molar-refractivity contribution is 5.93. The van der Waals surface area contributed by atoms with Gasteiger partial charge in [-0.1, -0.05) is 30.3 Å². The number of amides is 2. The van der Waals surface area contributed by atoms with Crippen LogP contribution in [0.25, 0.3) is 0 Å². The summed E-state index contributed by atoms with van der Waals surface area (Å²) in [5.74, 6) is 1.79. The summed E-state index contributed by atoms with van der Waals surface area (Å²) in [5.41, 5.74) is 2.65. The maximum atomic E-state index is 13.3. The van der Waals surface area contributed by atoms with Crippen molar-refractivity contribution in [1.82, 2.24) is 19.8 Å². The van der Waals surface area contributed by atoms with E-state index in [1.54, 1.807) is 0 Å². The number of imidazole rings is 1. The summed E-state index contributed by atoms with van der Waals surface area (Å²) >= 11 is 0. The third-order valence-corrected chi connectivity index (χ3v) is 7.28. The number of aromatic amines is 1. The Morgan fingerprint density at radius 1 is 1.17 bits per heavy atom. The molecule has 1 N–H and O–H groups in total. The average Bonchev–Trinajstić information content (AvgIpc) is 3.09. The zero-order valence-corrected chi connectivity index (χ0v) is 17.8. The van der Waals surface area contributed by atoms with Gasteiger partial charge in [0, 0.05) is 37.3 Å². The predicted octanol–water partition coefficient (Wildman–Crippen LogP) is 3.11. The highest BCUT2D eigenvalue weighted by Crippen LogP contribution is 2.42.